The molecule has 0 amide bonds. The summed E-state index contributed by atoms with van der Waals surface area (Å²) in [5.74, 6) is -0.118. The zero-order valence-electron chi connectivity index (χ0n) is 11.8. The smallest absolute Gasteiger partial charge is 0.250 e. The van der Waals surface area contributed by atoms with Gasteiger partial charge in [0.25, 0.3) is 0 Å². The van der Waals surface area contributed by atoms with Gasteiger partial charge in [-0.15, -0.1) is 0 Å². The SMILES string of the molecule is O=C(Cl)C1=C(N2CCCC2)c2cc(Cl)ccc2S(=O)(=O)CC1. The second-order valence-electron chi connectivity index (χ2n) is 5.50. The highest BCUT2D eigenvalue weighted by molar-refractivity contribution is 7.91. The summed E-state index contributed by atoms with van der Waals surface area (Å²) >= 11 is 11.8. The third-order valence-corrected chi connectivity index (χ3v) is 6.33. The van der Waals surface area contributed by atoms with E-state index in [1.165, 1.54) is 6.07 Å². The number of rotatable bonds is 2. The van der Waals surface area contributed by atoms with E-state index in [0.29, 0.717) is 21.9 Å². The third-order valence-electron chi connectivity index (χ3n) is 4.10. The molecule has 2 heterocycles. The van der Waals surface area contributed by atoms with Crippen LogP contribution in [0.4, 0.5) is 0 Å². The van der Waals surface area contributed by atoms with E-state index in [1.54, 1.807) is 12.1 Å². The fourth-order valence-electron chi connectivity index (χ4n) is 3.08. The number of nitrogens with zero attached hydrogens (tertiary/aromatic N) is 1. The number of likely N-dealkylation sites (tertiary alicyclic amines) is 1. The Kier molecular flexibility index (Phi) is 4.23. The van der Waals surface area contributed by atoms with E-state index in [1.807, 2.05) is 4.90 Å². The average molecular weight is 360 g/mol. The van der Waals surface area contributed by atoms with Gasteiger partial charge in [0.05, 0.1) is 16.3 Å². The van der Waals surface area contributed by atoms with Gasteiger partial charge in [0.2, 0.25) is 5.24 Å². The molecule has 1 aromatic rings. The zero-order valence-corrected chi connectivity index (χ0v) is 14.1. The number of fused-ring (bicyclic) bond motifs is 1. The summed E-state index contributed by atoms with van der Waals surface area (Å²) in [6.07, 6.45) is 2.15. The molecule has 0 spiro atoms. The van der Waals surface area contributed by atoms with Crippen molar-refractivity contribution in [3.63, 3.8) is 0 Å². The highest BCUT2D eigenvalue weighted by Crippen LogP contribution is 2.38. The number of carbonyl (C=O) groups is 1. The molecule has 4 nitrogen and oxygen atoms in total. The van der Waals surface area contributed by atoms with E-state index in [4.69, 9.17) is 23.2 Å². The summed E-state index contributed by atoms with van der Waals surface area (Å²) in [5, 5.41) is -0.154. The summed E-state index contributed by atoms with van der Waals surface area (Å²) in [4.78, 5) is 14.2. The standard InChI is InChI=1S/C15H15Cl2NO3S/c16-10-3-4-13-12(9-10)14(18-6-1-2-7-18)11(15(17)19)5-8-22(13,20)21/h3-4,9H,1-2,5-8H2. The molecule has 0 bridgehead atoms. The molecular formula is C15H15Cl2NO3S. The first-order chi connectivity index (χ1) is 10.4. The number of hydrogen-bond donors (Lipinski definition) is 0. The fraction of sp³-hybridized carbons (Fsp3) is 0.400. The summed E-state index contributed by atoms with van der Waals surface area (Å²) < 4.78 is 25.0. The number of carbonyl (C=O) groups excluding carboxylic acids is 1. The van der Waals surface area contributed by atoms with Gasteiger partial charge in [-0.05, 0) is 49.1 Å². The van der Waals surface area contributed by atoms with Crippen LogP contribution in [0.2, 0.25) is 5.02 Å². The molecule has 0 N–H and O–H groups in total. The van der Waals surface area contributed by atoms with Crippen LogP contribution in [-0.4, -0.2) is 37.4 Å². The van der Waals surface area contributed by atoms with Crippen molar-refractivity contribution >= 4 is 44.0 Å². The Bertz CT molecular complexity index is 765. The maximum Gasteiger partial charge on any atom is 0.250 e. The Morgan fingerprint density at radius 2 is 1.86 bits per heavy atom. The summed E-state index contributed by atoms with van der Waals surface area (Å²) in [6.45, 7) is 1.57. The Morgan fingerprint density at radius 1 is 1.18 bits per heavy atom. The molecule has 0 unspecified atom stereocenters. The van der Waals surface area contributed by atoms with Gasteiger partial charge in [-0.25, -0.2) is 8.42 Å². The monoisotopic (exact) mass is 359 g/mol. The molecule has 7 heteroatoms. The van der Waals surface area contributed by atoms with E-state index in [0.717, 1.165) is 25.9 Å². The molecule has 1 aromatic carbocycles. The Hall–Kier alpha value is -1.04. The minimum absolute atomic E-state index is 0.118. The normalized spacial score (nSPS) is 20.7. The maximum absolute atomic E-state index is 12.5. The second-order valence-corrected chi connectivity index (χ2v) is 8.36. The molecule has 1 fully saturated rings. The van der Waals surface area contributed by atoms with E-state index in [2.05, 4.69) is 0 Å². The minimum Gasteiger partial charge on any atom is -0.371 e. The predicted molar refractivity (Wildman–Crippen MR) is 86.7 cm³/mol. The fourth-order valence-corrected chi connectivity index (χ4v) is 4.89. The highest BCUT2D eigenvalue weighted by Gasteiger charge is 2.32. The molecule has 22 heavy (non-hydrogen) atoms. The Labute approximate surface area is 139 Å². The van der Waals surface area contributed by atoms with Gasteiger partial charge in [0.15, 0.2) is 9.84 Å². The van der Waals surface area contributed by atoms with Crippen LogP contribution < -0.4 is 0 Å². The maximum atomic E-state index is 12.5. The lowest BCUT2D eigenvalue weighted by Gasteiger charge is -2.24. The molecule has 3 rings (SSSR count). The lowest BCUT2D eigenvalue weighted by atomic mass is 10.0. The van der Waals surface area contributed by atoms with Crippen LogP contribution in [-0.2, 0) is 14.6 Å². The van der Waals surface area contributed by atoms with Crippen LogP contribution in [0.15, 0.2) is 28.7 Å². The molecule has 2 aliphatic rings. The van der Waals surface area contributed by atoms with Crippen molar-refractivity contribution in [1.82, 2.24) is 4.90 Å². The van der Waals surface area contributed by atoms with E-state index < -0.39 is 15.1 Å². The Morgan fingerprint density at radius 3 is 2.50 bits per heavy atom. The largest absolute Gasteiger partial charge is 0.371 e. The van der Waals surface area contributed by atoms with E-state index in [9.17, 15) is 13.2 Å². The van der Waals surface area contributed by atoms with Crippen LogP contribution in [0, 0.1) is 0 Å². The van der Waals surface area contributed by atoms with E-state index >= 15 is 0 Å². The van der Waals surface area contributed by atoms with Crippen molar-refractivity contribution < 1.29 is 13.2 Å². The van der Waals surface area contributed by atoms with Crippen molar-refractivity contribution in [1.29, 1.82) is 0 Å². The lowest BCUT2D eigenvalue weighted by molar-refractivity contribution is -0.108. The Balaban J connectivity index is 2.31. The molecule has 0 aliphatic carbocycles. The number of sulfone groups is 1. The lowest BCUT2D eigenvalue weighted by Crippen LogP contribution is -2.21. The molecule has 0 aromatic heterocycles. The number of benzene rings is 1. The summed E-state index contributed by atoms with van der Waals surface area (Å²) in [5.41, 5.74) is 1.50. The predicted octanol–water partition coefficient (Wildman–Crippen LogP) is 3.09. The van der Waals surface area contributed by atoms with Crippen LogP contribution in [0.5, 0.6) is 0 Å². The van der Waals surface area contributed by atoms with Crippen LogP contribution in [0.3, 0.4) is 0 Å². The van der Waals surface area contributed by atoms with Gasteiger partial charge in [0.1, 0.15) is 0 Å². The van der Waals surface area contributed by atoms with Crippen LogP contribution in [0.1, 0.15) is 24.8 Å². The quantitative estimate of drug-likeness (QED) is 0.761. The van der Waals surface area contributed by atoms with Crippen molar-refractivity contribution in [2.24, 2.45) is 0 Å². The topological polar surface area (TPSA) is 54.5 Å². The molecular weight excluding hydrogens is 345 g/mol. The highest BCUT2D eigenvalue weighted by atomic mass is 35.5. The van der Waals surface area contributed by atoms with Crippen LogP contribution >= 0.6 is 23.2 Å². The average Bonchev–Trinajstić information content (AvgIpc) is 2.92. The first-order valence-corrected chi connectivity index (χ1v) is 9.51. The molecule has 0 atom stereocenters. The van der Waals surface area contributed by atoms with Crippen molar-refractivity contribution in [3.8, 4) is 0 Å². The first kappa shape index (κ1) is 15.8. The number of halogens is 2. The zero-order chi connectivity index (χ0) is 15.9. The van der Waals surface area contributed by atoms with Gasteiger partial charge >= 0.3 is 0 Å². The van der Waals surface area contributed by atoms with Crippen LogP contribution in [0.25, 0.3) is 5.70 Å². The van der Waals surface area contributed by atoms with Gasteiger partial charge in [-0.1, -0.05) is 11.6 Å². The first-order valence-electron chi connectivity index (χ1n) is 7.11. The third kappa shape index (κ3) is 2.77. The molecule has 118 valence electrons. The summed E-state index contributed by atoms with van der Waals surface area (Å²) in [7, 11) is -3.46. The minimum atomic E-state index is -3.46. The van der Waals surface area contributed by atoms with Crippen molar-refractivity contribution in [2.45, 2.75) is 24.2 Å². The van der Waals surface area contributed by atoms with Gasteiger partial charge in [-0.2, -0.15) is 0 Å². The van der Waals surface area contributed by atoms with Crippen molar-refractivity contribution in [3.05, 3.63) is 34.4 Å². The second kappa shape index (κ2) is 5.87. The number of allylic oxidation sites excluding steroid dienone is 1. The summed E-state index contributed by atoms with van der Waals surface area (Å²) in [6, 6.07) is 4.70. The molecule has 2 aliphatic heterocycles. The molecule has 0 saturated carbocycles. The van der Waals surface area contributed by atoms with Gasteiger partial charge in [-0.3, -0.25) is 4.79 Å². The molecule has 0 radical (unpaired) electrons. The number of hydrogen-bond acceptors (Lipinski definition) is 4. The van der Waals surface area contributed by atoms with Gasteiger partial charge < -0.3 is 4.90 Å². The van der Waals surface area contributed by atoms with Crippen molar-refractivity contribution in [2.75, 3.05) is 18.8 Å². The molecule has 1 saturated heterocycles. The van der Waals surface area contributed by atoms with Gasteiger partial charge in [0, 0.05) is 29.2 Å². The van der Waals surface area contributed by atoms with E-state index in [-0.39, 0.29) is 17.1 Å².